The first-order valence-electron chi connectivity index (χ1n) is 7.37. The molecule has 0 aromatic rings. The lowest BCUT2D eigenvalue weighted by atomic mass is 9.97. The van der Waals surface area contributed by atoms with Crippen LogP contribution in [0.15, 0.2) is 0 Å². The normalized spacial score (nSPS) is 25.5. The van der Waals surface area contributed by atoms with Gasteiger partial charge in [0.15, 0.2) is 0 Å². The van der Waals surface area contributed by atoms with Crippen LogP contribution in [0, 0.1) is 11.8 Å². The molecular weight excluding hydrogens is 224 g/mol. The van der Waals surface area contributed by atoms with Gasteiger partial charge < -0.3 is 15.0 Å². The van der Waals surface area contributed by atoms with E-state index in [0.29, 0.717) is 6.04 Å². The summed E-state index contributed by atoms with van der Waals surface area (Å²) in [4.78, 5) is 2.46. The van der Waals surface area contributed by atoms with E-state index in [2.05, 4.69) is 45.0 Å². The van der Waals surface area contributed by atoms with Crippen molar-refractivity contribution in [2.24, 2.45) is 11.8 Å². The Balaban J connectivity index is 2.43. The zero-order chi connectivity index (χ0) is 13.8. The lowest BCUT2D eigenvalue weighted by molar-refractivity contribution is -0.0183. The highest BCUT2D eigenvalue weighted by Gasteiger charge is 2.35. The van der Waals surface area contributed by atoms with E-state index in [1.165, 1.54) is 19.4 Å². The van der Waals surface area contributed by atoms with Crippen molar-refractivity contribution in [3.8, 4) is 0 Å². The predicted molar refractivity (Wildman–Crippen MR) is 77.9 cm³/mol. The van der Waals surface area contributed by atoms with Crippen LogP contribution in [0.2, 0.25) is 0 Å². The summed E-state index contributed by atoms with van der Waals surface area (Å²) in [7, 11) is 4.04. The summed E-state index contributed by atoms with van der Waals surface area (Å²) in [6, 6.07) is 0.390. The Morgan fingerprint density at radius 3 is 2.50 bits per heavy atom. The summed E-state index contributed by atoms with van der Waals surface area (Å²) in [6.07, 6.45) is 2.57. The molecule has 0 heterocycles. The molecular formula is C15H32N2O. The minimum atomic E-state index is -0.113. The number of nitrogens with zero attached hydrogens (tertiary/aromatic N) is 1. The molecule has 1 rings (SSSR count). The third-order valence-electron chi connectivity index (χ3n) is 4.32. The second kappa shape index (κ2) is 6.88. The second-order valence-electron chi connectivity index (χ2n) is 6.51. The highest BCUT2D eigenvalue weighted by molar-refractivity contribution is 4.90. The second-order valence-corrected chi connectivity index (χ2v) is 6.51. The molecule has 0 bridgehead atoms. The molecule has 0 aromatic heterocycles. The van der Waals surface area contributed by atoms with Crippen molar-refractivity contribution in [1.82, 2.24) is 10.2 Å². The molecule has 0 spiro atoms. The van der Waals surface area contributed by atoms with Gasteiger partial charge >= 0.3 is 0 Å². The van der Waals surface area contributed by atoms with Gasteiger partial charge in [-0.15, -0.1) is 0 Å². The third kappa shape index (κ3) is 4.87. The number of rotatable bonds is 9. The molecule has 0 radical (unpaired) electrons. The Hall–Kier alpha value is -0.120. The van der Waals surface area contributed by atoms with Crippen LogP contribution in [-0.4, -0.2) is 50.3 Å². The van der Waals surface area contributed by atoms with Crippen molar-refractivity contribution in [1.29, 1.82) is 0 Å². The van der Waals surface area contributed by atoms with Crippen LogP contribution >= 0.6 is 0 Å². The molecule has 0 aromatic carbocycles. The van der Waals surface area contributed by atoms with E-state index in [0.717, 1.165) is 24.9 Å². The number of methoxy groups -OCH3 is 1. The Morgan fingerprint density at radius 1 is 1.44 bits per heavy atom. The highest BCUT2D eigenvalue weighted by Crippen LogP contribution is 2.38. The number of likely N-dealkylation sites (N-methyl/N-ethyl adjacent to an activating group) is 1. The molecule has 3 atom stereocenters. The molecule has 1 aliphatic rings. The summed E-state index contributed by atoms with van der Waals surface area (Å²) < 4.78 is 5.65. The Labute approximate surface area is 113 Å². The van der Waals surface area contributed by atoms with Gasteiger partial charge in [-0.2, -0.15) is 0 Å². The van der Waals surface area contributed by atoms with Crippen molar-refractivity contribution in [2.45, 2.75) is 52.2 Å². The molecule has 108 valence electrons. The van der Waals surface area contributed by atoms with Crippen LogP contribution < -0.4 is 5.32 Å². The fourth-order valence-electron chi connectivity index (χ4n) is 2.43. The highest BCUT2D eigenvalue weighted by atomic mass is 16.5. The van der Waals surface area contributed by atoms with Crippen LogP contribution in [-0.2, 0) is 4.74 Å². The number of hydrogen-bond donors (Lipinski definition) is 1. The zero-order valence-corrected chi connectivity index (χ0v) is 13.1. The summed E-state index contributed by atoms with van der Waals surface area (Å²) in [5.41, 5.74) is -0.113. The maximum atomic E-state index is 5.65. The third-order valence-corrected chi connectivity index (χ3v) is 4.32. The first-order valence-corrected chi connectivity index (χ1v) is 7.37. The van der Waals surface area contributed by atoms with Gasteiger partial charge in [-0.25, -0.2) is 0 Å². The van der Waals surface area contributed by atoms with Gasteiger partial charge in [0, 0.05) is 26.2 Å². The van der Waals surface area contributed by atoms with Crippen LogP contribution in [0.3, 0.4) is 0 Å². The smallest absolute Gasteiger partial charge is 0.0787 e. The van der Waals surface area contributed by atoms with E-state index in [1.807, 2.05) is 7.11 Å². The Bertz CT molecular complexity index is 243. The van der Waals surface area contributed by atoms with E-state index in [-0.39, 0.29) is 5.60 Å². The molecule has 1 saturated carbocycles. The van der Waals surface area contributed by atoms with E-state index < -0.39 is 0 Å². The standard InChI is InChI=1S/C15H32N2O/c1-7-8-16-14(15(3,4)18-6)11-17(5)10-13-9-12(13)2/h12-14,16H,7-11H2,1-6H3. The first-order chi connectivity index (χ1) is 8.40. The molecule has 3 unspecified atom stereocenters. The van der Waals surface area contributed by atoms with Crippen molar-refractivity contribution < 1.29 is 4.74 Å². The van der Waals surface area contributed by atoms with E-state index in [4.69, 9.17) is 4.74 Å². The van der Waals surface area contributed by atoms with Gasteiger partial charge in [-0.05, 0) is 52.1 Å². The molecule has 3 heteroatoms. The zero-order valence-electron chi connectivity index (χ0n) is 13.1. The fourth-order valence-corrected chi connectivity index (χ4v) is 2.43. The largest absolute Gasteiger partial charge is 0.377 e. The summed E-state index contributed by atoms with van der Waals surface area (Å²) in [6.45, 7) is 12.3. The average Bonchev–Trinajstić information content (AvgIpc) is 2.99. The number of hydrogen-bond acceptors (Lipinski definition) is 3. The minimum absolute atomic E-state index is 0.113. The lowest BCUT2D eigenvalue weighted by Gasteiger charge is -2.36. The molecule has 1 N–H and O–H groups in total. The van der Waals surface area contributed by atoms with E-state index >= 15 is 0 Å². The minimum Gasteiger partial charge on any atom is -0.377 e. The van der Waals surface area contributed by atoms with Crippen LogP contribution in [0.25, 0.3) is 0 Å². The maximum absolute atomic E-state index is 5.65. The van der Waals surface area contributed by atoms with Crippen molar-refractivity contribution in [3.63, 3.8) is 0 Å². The van der Waals surface area contributed by atoms with Gasteiger partial charge in [0.2, 0.25) is 0 Å². The quantitative estimate of drug-likeness (QED) is 0.685. The molecule has 1 fully saturated rings. The van der Waals surface area contributed by atoms with Gasteiger partial charge in [0.25, 0.3) is 0 Å². The number of ether oxygens (including phenoxy) is 1. The van der Waals surface area contributed by atoms with Crippen molar-refractivity contribution in [2.75, 3.05) is 33.8 Å². The molecule has 0 saturated heterocycles. The molecule has 0 amide bonds. The molecule has 1 aliphatic carbocycles. The van der Waals surface area contributed by atoms with Gasteiger partial charge in [-0.3, -0.25) is 0 Å². The summed E-state index contributed by atoms with van der Waals surface area (Å²) in [5.74, 6) is 1.86. The maximum Gasteiger partial charge on any atom is 0.0787 e. The van der Waals surface area contributed by atoms with Crippen LogP contribution in [0.1, 0.15) is 40.5 Å². The average molecular weight is 256 g/mol. The van der Waals surface area contributed by atoms with Crippen LogP contribution in [0.5, 0.6) is 0 Å². The van der Waals surface area contributed by atoms with Gasteiger partial charge in [-0.1, -0.05) is 13.8 Å². The molecule has 0 aliphatic heterocycles. The molecule has 3 nitrogen and oxygen atoms in total. The molecule has 18 heavy (non-hydrogen) atoms. The SMILES string of the molecule is CCCNC(CN(C)CC1CC1C)C(C)(C)OC. The van der Waals surface area contributed by atoms with Crippen molar-refractivity contribution in [3.05, 3.63) is 0 Å². The number of nitrogens with one attached hydrogen (secondary N) is 1. The first kappa shape index (κ1) is 15.9. The summed E-state index contributed by atoms with van der Waals surface area (Å²) in [5, 5.41) is 3.63. The topological polar surface area (TPSA) is 24.5 Å². The lowest BCUT2D eigenvalue weighted by Crippen LogP contribution is -2.54. The van der Waals surface area contributed by atoms with Crippen molar-refractivity contribution >= 4 is 0 Å². The Kier molecular flexibility index (Phi) is 6.09. The fraction of sp³-hybridized carbons (Fsp3) is 1.00. The van der Waals surface area contributed by atoms with E-state index in [9.17, 15) is 0 Å². The Morgan fingerprint density at radius 2 is 2.06 bits per heavy atom. The van der Waals surface area contributed by atoms with Crippen LogP contribution in [0.4, 0.5) is 0 Å². The summed E-state index contributed by atoms with van der Waals surface area (Å²) >= 11 is 0. The van der Waals surface area contributed by atoms with Gasteiger partial charge in [0.05, 0.1) is 5.60 Å². The predicted octanol–water partition coefficient (Wildman–Crippen LogP) is 2.37. The van der Waals surface area contributed by atoms with E-state index in [1.54, 1.807) is 0 Å². The van der Waals surface area contributed by atoms with Gasteiger partial charge in [0.1, 0.15) is 0 Å². The monoisotopic (exact) mass is 256 g/mol.